The minimum absolute atomic E-state index is 0.00196. The van der Waals surface area contributed by atoms with Crippen LogP contribution in [0.2, 0.25) is 0 Å². The van der Waals surface area contributed by atoms with E-state index >= 15 is 0 Å². The number of β-amino-alcohol motifs (C(OH)–C–C–N with tert-alkyl or cyclic N) is 1. The molecule has 1 saturated heterocycles. The van der Waals surface area contributed by atoms with E-state index in [1.165, 1.54) is 26.0 Å². The molecule has 10 nitrogen and oxygen atoms in total. The van der Waals surface area contributed by atoms with Crippen molar-refractivity contribution in [1.82, 2.24) is 4.90 Å². The summed E-state index contributed by atoms with van der Waals surface area (Å²) in [6.07, 6.45) is 3.57. The van der Waals surface area contributed by atoms with E-state index < -0.39 is 22.8 Å². The lowest BCUT2D eigenvalue weighted by Crippen LogP contribution is -2.45. The lowest BCUT2D eigenvalue weighted by Gasteiger charge is -2.28. The number of nitro groups is 1. The van der Waals surface area contributed by atoms with Gasteiger partial charge in [0.1, 0.15) is 28.9 Å². The summed E-state index contributed by atoms with van der Waals surface area (Å²) in [5.74, 6) is -0.743. The summed E-state index contributed by atoms with van der Waals surface area (Å²) >= 11 is 0. The predicted molar refractivity (Wildman–Crippen MR) is 132 cm³/mol. The number of anilines is 1. The molecule has 0 saturated carbocycles. The number of furan rings is 1. The van der Waals surface area contributed by atoms with Gasteiger partial charge in [-0.3, -0.25) is 24.6 Å². The van der Waals surface area contributed by atoms with Crippen LogP contribution in [0, 0.1) is 21.4 Å². The molecule has 1 atom stereocenters. The molecule has 1 unspecified atom stereocenters. The van der Waals surface area contributed by atoms with Gasteiger partial charge in [-0.1, -0.05) is 0 Å². The second-order valence-corrected chi connectivity index (χ2v) is 8.95. The Balaban J connectivity index is 1.68. The highest BCUT2D eigenvalue weighted by Gasteiger charge is 2.36. The number of aliphatic hydroxyl groups is 1. The average molecular weight is 491 g/mol. The van der Waals surface area contributed by atoms with E-state index in [0.29, 0.717) is 17.0 Å². The minimum atomic E-state index is -0.962. The first-order chi connectivity index (χ1) is 17.2. The van der Waals surface area contributed by atoms with Gasteiger partial charge in [-0.25, -0.2) is 0 Å². The number of nitrogens with zero attached hydrogens (tertiary/aromatic N) is 4. The first-order valence-electron chi connectivity index (χ1n) is 11.7. The summed E-state index contributed by atoms with van der Waals surface area (Å²) in [7, 11) is 0. The SMILES string of the molecule is CC1=C(C#N)C(=O)N(CC(C)O)C(=O)/C1=C/c1ccc(-c2ccc(N3CCCCC3)c([N+](=O)[O-])c2)o1. The topological polar surface area (TPSA) is 141 Å². The Morgan fingerprint density at radius 2 is 1.92 bits per heavy atom. The Labute approximate surface area is 207 Å². The van der Waals surface area contributed by atoms with Crippen molar-refractivity contribution >= 4 is 29.3 Å². The molecule has 1 N–H and O–H groups in total. The van der Waals surface area contributed by atoms with E-state index in [0.717, 1.165) is 37.3 Å². The number of amides is 2. The maximum absolute atomic E-state index is 13.0. The largest absolute Gasteiger partial charge is 0.457 e. The van der Waals surface area contributed by atoms with E-state index in [-0.39, 0.29) is 34.7 Å². The number of carbonyl (C=O) groups is 2. The summed E-state index contributed by atoms with van der Waals surface area (Å²) in [6.45, 7) is 4.25. The fourth-order valence-corrected chi connectivity index (χ4v) is 4.51. The number of aliphatic hydroxyl groups excluding tert-OH is 1. The number of hydrogen-bond donors (Lipinski definition) is 1. The molecule has 0 bridgehead atoms. The van der Waals surface area contributed by atoms with E-state index in [1.54, 1.807) is 24.3 Å². The van der Waals surface area contributed by atoms with Crippen LogP contribution in [0.1, 0.15) is 38.9 Å². The lowest BCUT2D eigenvalue weighted by atomic mass is 9.94. The van der Waals surface area contributed by atoms with Gasteiger partial charge in [0.2, 0.25) is 0 Å². The number of rotatable bonds is 6. The third kappa shape index (κ3) is 4.78. The lowest BCUT2D eigenvalue weighted by molar-refractivity contribution is -0.384. The van der Waals surface area contributed by atoms with Gasteiger partial charge in [0.05, 0.1) is 17.6 Å². The number of nitriles is 1. The molecule has 2 aromatic rings. The molecule has 2 amide bonds. The fraction of sp³-hybridized carbons (Fsp3) is 0.346. The fourth-order valence-electron chi connectivity index (χ4n) is 4.51. The highest BCUT2D eigenvalue weighted by molar-refractivity contribution is 6.19. The van der Waals surface area contributed by atoms with Gasteiger partial charge in [0, 0.05) is 30.3 Å². The van der Waals surface area contributed by atoms with Crippen LogP contribution in [-0.2, 0) is 9.59 Å². The first-order valence-corrected chi connectivity index (χ1v) is 11.7. The van der Waals surface area contributed by atoms with Crippen molar-refractivity contribution < 1.29 is 24.0 Å². The zero-order chi connectivity index (χ0) is 26.0. The molecule has 0 aliphatic carbocycles. The third-order valence-electron chi connectivity index (χ3n) is 6.34. The van der Waals surface area contributed by atoms with Crippen LogP contribution in [0.15, 0.2) is 51.5 Å². The van der Waals surface area contributed by atoms with E-state index in [1.807, 2.05) is 11.0 Å². The molecule has 2 aliphatic heterocycles. The zero-order valence-corrected chi connectivity index (χ0v) is 20.1. The third-order valence-corrected chi connectivity index (χ3v) is 6.34. The molecule has 1 aromatic heterocycles. The van der Waals surface area contributed by atoms with Crippen molar-refractivity contribution in [2.45, 2.75) is 39.2 Å². The molecule has 0 radical (unpaired) electrons. The van der Waals surface area contributed by atoms with Crippen LogP contribution in [-0.4, -0.2) is 52.5 Å². The molecule has 10 heteroatoms. The second kappa shape index (κ2) is 10.2. The van der Waals surface area contributed by atoms with Crippen LogP contribution in [0.3, 0.4) is 0 Å². The minimum Gasteiger partial charge on any atom is -0.457 e. The highest BCUT2D eigenvalue weighted by atomic mass is 16.6. The summed E-state index contributed by atoms with van der Waals surface area (Å²) in [5, 5.41) is 31.0. The van der Waals surface area contributed by atoms with Crippen LogP contribution in [0.4, 0.5) is 11.4 Å². The van der Waals surface area contributed by atoms with Gasteiger partial charge >= 0.3 is 0 Å². The highest BCUT2D eigenvalue weighted by Crippen LogP contribution is 2.36. The zero-order valence-electron chi connectivity index (χ0n) is 20.1. The summed E-state index contributed by atoms with van der Waals surface area (Å²) in [5.41, 5.74) is 1.22. The molecule has 1 fully saturated rings. The van der Waals surface area contributed by atoms with Crippen LogP contribution in [0.25, 0.3) is 17.4 Å². The maximum Gasteiger partial charge on any atom is 0.293 e. The quantitative estimate of drug-likeness (QED) is 0.279. The standard InChI is InChI=1S/C26H26N4O6/c1-16(31)15-29-25(32)20(17(2)21(14-27)26(29)33)13-19-7-9-24(36-19)18-6-8-22(23(12-18)30(34)35)28-10-4-3-5-11-28/h6-9,12-13,16,31H,3-5,10-11,15H2,1-2H3/b20-13+. The van der Waals surface area contributed by atoms with E-state index in [2.05, 4.69) is 0 Å². The number of nitro benzene ring substituents is 1. The average Bonchev–Trinajstić information content (AvgIpc) is 3.33. The van der Waals surface area contributed by atoms with Crippen molar-refractivity contribution in [3.05, 3.63) is 62.9 Å². The van der Waals surface area contributed by atoms with Crippen molar-refractivity contribution in [2.75, 3.05) is 24.5 Å². The van der Waals surface area contributed by atoms with Crippen LogP contribution >= 0.6 is 0 Å². The Morgan fingerprint density at radius 1 is 1.19 bits per heavy atom. The summed E-state index contributed by atoms with van der Waals surface area (Å²) in [6, 6.07) is 10.1. The molecule has 186 valence electrons. The number of imide groups is 1. The van der Waals surface area contributed by atoms with Crippen molar-refractivity contribution in [1.29, 1.82) is 5.26 Å². The van der Waals surface area contributed by atoms with Gasteiger partial charge in [0.15, 0.2) is 0 Å². The summed E-state index contributed by atoms with van der Waals surface area (Å²) in [4.78, 5) is 39.8. The van der Waals surface area contributed by atoms with Gasteiger partial charge in [-0.15, -0.1) is 0 Å². The Hall–Kier alpha value is -4.23. The van der Waals surface area contributed by atoms with Crippen LogP contribution in [0.5, 0.6) is 0 Å². The number of hydrogen-bond acceptors (Lipinski definition) is 8. The molecule has 36 heavy (non-hydrogen) atoms. The van der Waals surface area contributed by atoms with Crippen molar-refractivity contribution in [3.63, 3.8) is 0 Å². The van der Waals surface area contributed by atoms with Gasteiger partial charge < -0.3 is 14.4 Å². The van der Waals surface area contributed by atoms with Gasteiger partial charge in [-0.05, 0) is 69.0 Å². The number of benzene rings is 1. The van der Waals surface area contributed by atoms with Crippen molar-refractivity contribution in [3.8, 4) is 17.4 Å². The smallest absolute Gasteiger partial charge is 0.293 e. The Bertz CT molecular complexity index is 1320. The molecule has 1 aromatic carbocycles. The number of carbonyl (C=O) groups excluding carboxylic acids is 2. The van der Waals surface area contributed by atoms with Crippen molar-refractivity contribution in [2.24, 2.45) is 0 Å². The molecule has 3 heterocycles. The normalized spacial score (nSPS) is 18.6. The Morgan fingerprint density at radius 3 is 2.56 bits per heavy atom. The van der Waals surface area contributed by atoms with Gasteiger partial charge in [0.25, 0.3) is 17.5 Å². The predicted octanol–water partition coefficient (Wildman–Crippen LogP) is 3.82. The maximum atomic E-state index is 13.0. The second-order valence-electron chi connectivity index (χ2n) is 8.95. The molecule has 4 rings (SSSR count). The van der Waals surface area contributed by atoms with Gasteiger partial charge in [-0.2, -0.15) is 5.26 Å². The monoisotopic (exact) mass is 490 g/mol. The molecule has 2 aliphatic rings. The summed E-state index contributed by atoms with van der Waals surface area (Å²) < 4.78 is 5.88. The van der Waals surface area contributed by atoms with Crippen LogP contribution < -0.4 is 4.90 Å². The molecular formula is C26H26N4O6. The number of piperidine rings is 1. The molecule has 0 spiro atoms. The van der Waals surface area contributed by atoms with E-state index in [9.17, 15) is 30.1 Å². The first kappa shape index (κ1) is 24.9. The Kier molecular flexibility index (Phi) is 7.03. The molecular weight excluding hydrogens is 464 g/mol. The van der Waals surface area contributed by atoms with E-state index in [4.69, 9.17) is 4.42 Å².